The monoisotopic (exact) mass is 503 g/mol. The van der Waals surface area contributed by atoms with Crippen LogP contribution in [0.4, 0.5) is 19.0 Å². The molecule has 0 unspecified atom stereocenters. The van der Waals surface area contributed by atoms with Gasteiger partial charge in [-0.05, 0) is 68.4 Å². The number of amides is 1. The maximum absolute atomic E-state index is 13.9. The van der Waals surface area contributed by atoms with Gasteiger partial charge in [-0.15, -0.1) is 0 Å². The number of halogens is 3. The van der Waals surface area contributed by atoms with Crippen molar-refractivity contribution in [3.8, 4) is 0 Å². The van der Waals surface area contributed by atoms with Crippen molar-refractivity contribution in [3.63, 3.8) is 0 Å². The molecule has 10 heteroatoms. The number of nitrogens with one attached hydrogen (secondary N) is 1. The Morgan fingerprint density at radius 1 is 1.03 bits per heavy atom. The predicted octanol–water partition coefficient (Wildman–Crippen LogP) is 4.86. The molecule has 2 aromatic rings. The van der Waals surface area contributed by atoms with Crippen molar-refractivity contribution in [2.75, 3.05) is 31.5 Å². The van der Waals surface area contributed by atoms with Crippen molar-refractivity contribution >= 4 is 11.7 Å². The third kappa shape index (κ3) is 3.58. The van der Waals surface area contributed by atoms with Crippen LogP contribution in [0.5, 0.6) is 0 Å². The number of anilines is 1. The Morgan fingerprint density at radius 3 is 2.28 bits per heavy atom. The molecular formula is C26H32F3N5O2. The molecule has 36 heavy (non-hydrogen) atoms. The summed E-state index contributed by atoms with van der Waals surface area (Å²) >= 11 is 0. The van der Waals surface area contributed by atoms with Gasteiger partial charge in [-0.1, -0.05) is 0 Å². The topological polar surface area (TPSA) is 66.5 Å². The van der Waals surface area contributed by atoms with E-state index in [9.17, 15) is 18.0 Å². The number of alkyl halides is 3. The fraction of sp³-hybridized carbons (Fsp3) is 0.692. The number of furan rings is 1. The van der Waals surface area contributed by atoms with Gasteiger partial charge in [0.15, 0.2) is 6.04 Å². The summed E-state index contributed by atoms with van der Waals surface area (Å²) in [4.78, 5) is 18.0. The molecule has 2 atom stereocenters. The minimum absolute atomic E-state index is 0.124. The van der Waals surface area contributed by atoms with Gasteiger partial charge in [0.05, 0.1) is 18.5 Å². The Hall–Kier alpha value is -2.49. The molecule has 0 aromatic carbocycles. The van der Waals surface area contributed by atoms with Crippen LogP contribution in [0.25, 0.3) is 0 Å². The zero-order valence-electron chi connectivity index (χ0n) is 20.2. The van der Waals surface area contributed by atoms with Gasteiger partial charge in [0.2, 0.25) is 0 Å². The molecule has 2 aliphatic heterocycles. The summed E-state index contributed by atoms with van der Waals surface area (Å²) < 4.78 is 48.1. The number of carbonyl (C=O) groups is 1. The molecule has 4 saturated carbocycles. The first-order chi connectivity index (χ1) is 17.3. The van der Waals surface area contributed by atoms with Gasteiger partial charge in [0.25, 0.3) is 5.91 Å². The summed E-state index contributed by atoms with van der Waals surface area (Å²) in [6, 6.07) is 0.803. The first kappa shape index (κ1) is 22.7. The van der Waals surface area contributed by atoms with Crippen molar-refractivity contribution in [1.29, 1.82) is 0 Å². The van der Waals surface area contributed by atoms with Crippen molar-refractivity contribution in [3.05, 3.63) is 35.9 Å². The average Bonchev–Trinajstić information content (AvgIpc) is 3.52. The number of nitrogens with zero attached hydrogens (tertiary/aromatic N) is 4. The maximum atomic E-state index is 13.9. The normalized spacial score (nSPS) is 36.1. The van der Waals surface area contributed by atoms with E-state index in [1.807, 2.05) is 0 Å². The largest absolute Gasteiger partial charge is 0.467 e. The van der Waals surface area contributed by atoms with E-state index in [4.69, 9.17) is 4.42 Å². The quantitative estimate of drug-likeness (QED) is 0.648. The van der Waals surface area contributed by atoms with Crippen molar-refractivity contribution < 1.29 is 22.4 Å². The smallest absolute Gasteiger partial charge is 0.410 e. The summed E-state index contributed by atoms with van der Waals surface area (Å²) in [5.74, 6) is 2.88. The molecule has 1 saturated heterocycles. The molecule has 6 aliphatic rings. The second-order valence-corrected chi connectivity index (χ2v) is 11.8. The van der Waals surface area contributed by atoms with Crippen LogP contribution in [0.2, 0.25) is 0 Å². The van der Waals surface area contributed by atoms with E-state index in [0.717, 1.165) is 35.5 Å². The molecule has 0 radical (unpaired) electrons. The second kappa shape index (κ2) is 8.00. The highest BCUT2D eigenvalue weighted by Gasteiger charge is 2.54. The van der Waals surface area contributed by atoms with Crippen molar-refractivity contribution in [1.82, 2.24) is 19.6 Å². The number of rotatable bonds is 3. The van der Waals surface area contributed by atoms with Crippen LogP contribution in [0.1, 0.15) is 73.1 Å². The molecule has 5 fully saturated rings. The van der Waals surface area contributed by atoms with E-state index in [1.54, 1.807) is 17.0 Å². The van der Waals surface area contributed by atoms with Gasteiger partial charge in [-0.2, -0.15) is 18.3 Å². The standard InChI is InChI=1S/C26H32F3N5O2/c27-26(28,29)22-11-20(21-2-1-7-36-21)31-23-19(15-30-34(22)23)24(35)32-3-5-33(6-4-32)25-12-16-8-17(13-25)10-18(9-16)14-25/h1-2,7,15-18,20,22,31H,3-6,8-14H2/t16?,17?,18?,20-,22-,25?/m0/s1. The predicted molar refractivity (Wildman–Crippen MR) is 125 cm³/mol. The third-order valence-corrected chi connectivity index (χ3v) is 9.60. The molecule has 1 amide bonds. The molecular weight excluding hydrogens is 471 g/mol. The Kier molecular flexibility index (Phi) is 5.04. The lowest BCUT2D eigenvalue weighted by atomic mass is 9.52. The highest BCUT2D eigenvalue weighted by Crippen LogP contribution is 2.58. The van der Waals surface area contributed by atoms with Gasteiger partial charge in [-0.3, -0.25) is 9.69 Å². The van der Waals surface area contributed by atoms with Gasteiger partial charge in [0, 0.05) is 38.1 Å². The highest BCUT2D eigenvalue weighted by molar-refractivity contribution is 5.99. The maximum Gasteiger partial charge on any atom is 0.410 e. The van der Waals surface area contributed by atoms with Crippen molar-refractivity contribution in [2.24, 2.45) is 17.8 Å². The minimum Gasteiger partial charge on any atom is -0.467 e. The van der Waals surface area contributed by atoms with E-state index in [2.05, 4.69) is 15.3 Å². The SMILES string of the molecule is O=C(c1cnn2c1N[C@H](c1ccco1)C[C@H]2C(F)(F)F)N1CCN(C23CC4CC(CC(C4)C2)C3)CC1. The third-order valence-electron chi connectivity index (χ3n) is 9.60. The van der Waals surface area contributed by atoms with Gasteiger partial charge >= 0.3 is 6.18 Å². The van der Waals surface area contributed by atoms with E-state index in [1.165, 1.54) is 51.0 Å². The fourth-order valence-electron chi connectivity index (χ4n) is 8.40. The number of hydrogen-bond acceptors (Lipinski definition) is 5. The van der Waals surface area contributed by atoms with Crippen LogP contribution in [-0.4, -0.2) is 63.4 Å². The zero-order chi connectivity index (χ0) is 24.7. The van der Waals surface area contributed by atoms with Crippen LogP contribution in [0.3, 0.4) is 0 Å². The molecule has 0 spiro atoms. The van der Waals surface area contributed by atoms with Gasteiger partial charge in [0.1, 0.15) is 17.1 Å². The summed E-state index contributed by atoms with van der Waals surface area (Å²) in [6.45, 7) is 2.84. The molecule has 4 bridgehead atoms. The van der Waals surface area contributed by atoms with Gasteiger partial charge in [-0.25, -0.2) is 4.68 Å². The minimum atomic E-state index is -4.49. The van der Waals surface area contributed by atoms with E-state index in [0.29, 0.717) is 24.4 Å². The molecule has 4 heterocycles. The number of carbonyl (C=O) groups excluding carboxylic acids is 1. The summed E-state index contributed by atoms with van der Waals surface area (Å²) in [6.07, 6.45) is 6.07. The Balaban J connectivity index is 1.09. The van der Waals surface area contributed by atoms with E-state index in [-0.39, 0.29) is 23.7 Å². The molecule has 1 N–H and O–H groups in total. The first-order valence-electron chi connectivity index (χ1n) is 13.3. The molecule has 194 valence electrons. The molecule has 2 aromatic heterocycles. The average molecular weight is 504 g/mol. The number of fused-ring (bicyclic) bond motifs is 1. The van der Waals surface area contributed by atoms with Crippen LogP contribution in [0, 0.1) is 17.8 Å². The Labute approximate surface area is 208 Å². The summed E-state index contributed by atoms with van der Waals surface area (Å²) in [5.41, 5.74) is 0.502. The van der Waals surface area contributed by atoms with Crippen LogP contribution < -0.4 is 5.32 Å². The fourth-order valence-corrected chi connectivity index (χ4v) is 8.40. The lowest BCUT2D eigenvalue weighted by Gasteiger charge is -2.61. The van der Waals surface area contributed by atoms with Crippen LogP contribution in [0.15, 0.2) is 29.0 Å². The summed E-state index contributed by atoms with van der Waals surface area (Å²) in [7, 11) is 0. The number of aromatic nitrogens is 2. The highest BCUT2D eigenvalue weighted by atomic mass is 19.4. The Bertz CT molecular complexity index is 1100. The molecule has 7 nitrogen and oxygen atoms in total. The number of piperazine rings is 1. The van der Waals surface area contributed by atoms with E-state index >= 15 is 0 Å². The molecule has 8 rings (SSSR count). The first-order valence-corrected chi connectivity index (χ1v) is 13.3. The number of hydrogen-bond donors (Lipinski definition) is 1. The van der Waals surface area contributed by atoms with Crippen LogP contribution in [-0.2, 0) is 0 Å². The lowest BCUT2D eigenvalue weighted by Crippen LogP contribution is -2.64. The second-order valence-electron chi connectivity index (χ2n) is 11.8. The van der Waals surface area contributed by atoms with E-state index < -0.39 is 18.3 Å². The van der Waals surface area contributed by atoms with Gasteiger partial charge < -0.3 is 14.6 Å². The summed E-state index contributed by atoms with van der Waals surface area (Å²) in [5, 5.41) is 7.14. The zero-order valence-corrected chi connectivity index (χ0v) is 20.2. The molecule has 4 aliphatic carbocycles. The van der Waals surface area contributed by atoms with Crippen LogP contribution >= 0.6 is 0 Å². The lowest BCUT2D eigenvalue weighted by molar-refractivity contribution is -0.174. The van der Waals surface area contributed by atoms with Crippen molar-refractivity contribution in [2.45, 2.75) is 68.7 Å². The Morgan fingerprint density at radius 2 is 1.69 bits per heavy atom.